The maximum absolute atomic E-state index is 12.4. The molecule has 6 nitrogen and oxygen atoms in total. The van der Waals surface area contributed by atoms with Crippen LogP contribution in [-0.4, -0.2) is 26.7 Å². The SMILES string of the molecule is Cc1[nH]ncc1-c1cc2nc(C3CC=CCN3)[nH]c(=O)c2s1.Cl.Cl. The lowest BCUT2D eigenvalue weighted by Crippen LogP contribution is -2.27. The van der Waals surface area contributed by atoms with Crippen molar-refractivity contribution in [2.24, 2.45) is 0 Å². The molecule has 1 atom stereocenters. The van der Waals surface area contributed by atoms with Gasteiger partial charge in [0.1, 0.15) is 10.5 Å². The van der Waals surface area contributed by atoms with E-state index in [9.17, 15) is 4.79 Å². The maximum Gasteiger partial charge on any atom is 0.268 e. The Labute approximate surface area is 154 Å². The fourth-order valence-corrected chi connectivity index (χ4v) is 3.73. The van der Waals surface area contributed by atoms with Gasteiger partial charge in [0.15, 0.2) is 0 Å². The van der Waals surface area contributed by atoms with Crippen LogP contribution >= 0.6 is 36.2 Å². The maximum atomic E-state index is 12.4. The van der Waals surface area contributed by atoms with Gasteiger partial charge in [-0.05, 0) is 19.4 Å². The summed E-state index contributed by atoms with van der Waals surface area (Å²) in [7, 11) is 0. The summed E-state index contributed by atoms with van der Waals surface area (Å²) in [4.78, 5) is 20.9. The van der Waals surface area contributed by atoms with Crippen molar-refractivity contribution in [3.8, 4) is 10.4 Å². The molecule has 0 aliphatic carbocycles. The predicted molar refractivity (Wildman–Crippen MR) is 102 cm³/mol. The van der Waals surface area contributed by atoms with Crippen molar-refractivity contribution in [1.29, 1.82) is 0 Å². The standard InChI is InChI=1S/C15H15N5OS.2ClH/c1-8-9(7-17-20-8)12-6-11-13(22-12)15(21)19-14(18-11)10-4-2-3-5-16-10;;/h2-3,6-7,10,16H,4-5H2,1H3,(H,17,20)(H,18,19,21);2*1H. The number of H-pyrrole nitrogens is 2. The van der Waals surface area contributed by atoms with E-state index in [0.29, 0.717) is 10.5 Å². The second-order valence-electron chi connectivity index (χ2n) is 5.35. The van der Waals surface area contributed by atoms with Crippen molar-refractivity contribution >= 4 is 46.4 Å². The van der Waals surface area contributed by atoms with E-state index in [1.807, 2.05) is 13.0 Å². The minimum atomic E-state index is -0.0752. The molecule has 0 fully saturated rings. The molecule has 4 rings (SSSR count). The molecule has 0 bridgehead atoms. The van der Waals surface area contributed by atoms with E-state index in [2.05, 4.69) is 37.6 Å². The first-order valence-electron chi connectivity index (χ1n) is 7.15. The van der Waals surface area contributed by atoms with Gasteiger partial charge in [-0.3, -0.25) is 9.89 Å². The van der Waals surface area contributed by atoms with Crippen LogP contribution in [0.25, 0.3) is 20.7 Å². The van der Waals surface area contributed by atoms with Gasteiger partial charge in [-0.1, -0.05) is 12.2 Å². The van der Waals surface area contributed by atoms with Crippen LogP contribution in [0.2, 0.25) is 0 Å². The molecule has 0 spiro atoms. The van der Waals surface area contributed by atoms with Crippen LogP contribution in [0.5, 0.6) is 0 Å². The Hall–Kier alpha value is -1.67. The third-order valence-electron chi connectivity index (χ3n) is 3.85. The monoisotopic (exact) mass is 385 g/mol. The molecule has 1 aliphatic rings. The molecule has 24 heavy (non-hydrogen) atoms. The lowest BCUT2D eigenvalue weighted by Gasteiger charge is -2.18. The number of nitrogens with one attached hydrogen (secondary N) is 3. The van der Waals surface area contributed by atoms with E-state index in [4.69, 9.17) is 0 Å². The number of fused-ring (bicyclic) bond motifs is 1. The fraction of sp³-hybridized carbons (Fsp3) is 0.267. The zero-order chi connectivity index (χ0) is 15.1. The van der Waals surface area contributed by atoms with Crippen molar-refractivity contribution in [2.75, 3.05) is 6.54 Å². The molecule has 9 heteroatoms. The zero-order valence-corrected chi connectivity index (χ0v) is 15.3. The van der Waals surface area contributed by atoms with Crippen LogP contribution < -0.4 is 10.9 Å². The highest BCUT2D eigenvalue weighted by Gasteiger charge is 2.18. The number of aromatic nitrogens is 4. The van der Waals surface area contributed by atoms with Gasteiger partial charge < -0.3 is 10.3 Å². The summed E-state index contributed by atoms with van der Waals surface area (Å²) in [5.74, 6) is 0.704. The minimum Gasteiger partial charge on any atom is -0.308 e. The third-order valence-corrected chi connectivity index (χ3v) is 5.00. The molecule has 0 radical (unpaired) electrons. The number of hydrogen-bond donors (Lipinski definition) is 3. The van der Waals surface area contributed by atoms with Gasteiger partial charge >= 0.3 is 0 Å². The van der Waals surface area contributed by atoms with Gasteiger partial charge in [0.25, 0.3) is 5.56 Å². The Kier molecular flexibility index (Phi) is 5.82. The van der Waals surface area contributed by atoms with Gasteiger partial charge in [0.2, 0.25) is 0 Å². The largest absolute Gasteiger partial charge is 0.308 e. The molecule has 3 aromatic heterocycles. The molecule has 4 heterocycles. The molecule has 1 unspecified atom stereocenters. The van der Waals surface area contributed by atoms with Crippen molar-refractivity contribution in [1.82, 2.24) is 25.5 Å². The quantitative estimate of drug-likeness (QED) is 0.591. The average molecular weight is 386 g/mol. The van der Waals surface area contributed by atoms with Crippen LogP contribution in [0, 0.1) is 6.92 Å². The van der Waals surface area contributed by atoms with Crippen LogP contribution in [0.15, 0.2) is 29.2 Å². The number of nitrogens with zero attached hydrogens (tertiary/aromatic N) is 2. The molecule has 0 saturated heterocycles. The first kappa shape index (κ1) is 18.7. The van der Waals surface area contributed by atoms with Crippen molar-refractivity contribution in [2.45, 2.75) is 19.4 Å². The van der Waals surface area contributed by atoms with E-state index in [1.54, 1.807) is 6.20 Å². The Balaban J connectivity index is 0.00000104. The van der Waals surface area contributed by atoms with Crippen LogP contribution in [-0.2, 0) is 0 Å². The second kappa shape index (κ2) is 7.48. The lowest BCUT2D eigenvalue weighted by atomic mass is 10.1. The van der Waals surface area contributed by atoms with Crippen molar-refractivity contribution < 1.29 is 0 Å². The van der Waals surface area contributed by atoms with E-state index >= 15 is 0 Å². The summed E-state index contributed by atoms with van der Waals surface area (Å²) in [6, 6.07) is 2.04. The predicted octanol–water partition coefficient (Wildman–Crippen LogP) is 3.12. The number of aryl methyl sites for hydroxylation is 1. The highest BCUT2D eigenvalue weighted by atomic mass is 35.5. The third kappa shape index (κ3) is 3.25. The summed E-state index contributed by atoms with van der Waals surface area (Å²) in [6.07, 6.45) is 6.81. The average Bonchev–Trinajstić information content (AvgIpc) is 3.14. The normalized spacial score (nSPS) is 16.6. The first-order valence-corrected chi connectivity index (χ1v) is 7.96. The number of thiophene rings is 1. The molecule has 0 saturated carbocycles. The van der Waals surface area contributed by atoms with Gasteiger partial charge in [-0.15, -0.1) is 36.2 Å². The molecule has 3 N–H and O–H groups in total. The molecular weight excluding hydrogens is 369 g/mol. The van der Waals surface area contributed by atoms with Gasteiger partial charge in [-0.25, -0.2) is 4.98 Å². The summed E-state index contributed by atoms with van der Waals surface area (Å²) >= 11 is 1.45. The van der Waals surface area contributed by atoms with Gasteiger partial charge in [-0.2, -0.15) is 5.10 Å². The lowest BCUT2D eigenvalue weighted by molar-refractivity contribution is 0.526. The second-order valence-corrected chi connectivity index (χ2v) is 6.41. The topological polar surface area (TPSA) is 86.5 Å². The van der Waals surface area contributed by atoms with Gasteiger partial charge in [0.05, 0.1) is 17.8 Å². The van der Waals surface area contributed by atoms with Crippen LogP contribution in [0.3, 0.4) is 0 Å². The smallest absolute Gasteiger partial charge is 0.268 e. The highest BCUT2D eigenvalue weighted by Crippen LogP contribution is 2.32. The summed E-state index contributed by atoms with van der Waals surface area (Å²) < 4.78 is 0.658. The van der Waals surface area contributed by atoms with Crippen molar-refractivity contribution in [3.63, 3.8) is 0 Å². The Morgan fingerprint density at radius 2 is 2.12 bits per heavy atom. The molecule has 0 aromatic carbocycles. The first-order chi connectivity index (χ1) is 10.7. The summed E-state index contributed by atoms with van der Waals surface area (Å²) in [6.45, 7) is 2.77. The Morgan fingerprint density at radius 1 is 1.29 bits per heavy atom. The van der Waals surface area contributed by atoms with E-state index in [0.717, 1.165) is 34.6 Å². The van der Waals surface area contributed by atoms with Crippen LogP contribution in [0.1, 0.15) is 24.0 Å². The van der Waals surface area contributed by atoms with Gasteiger partial charge in [0, 0.05) is 22.7 Å². The van der Waals surface area contributed by atoms with Crippen LogP contribution in [0.4, 0.5) is 0 Å². The molecule has 0 amide bonds. The van der Waals surface area contributed by atoms with Crippen molar-refractivity contribution in [3.05, 3.63) is 46.3 Å². The fourth-order valence-electron chi connectivity index (χ4n) is 2.67. The molecule has 128 valence electrons. The zero-order valence-electron chi connectivity index (χ0n) is 12.8. The Morgan fingerprint density at radius 3 is 2.79 bits per heavy atom. The Bertz CT molecular complexity index is 929. The van der Waals surface area contributed by atoms with E-state index in [1.165, 1.54) is 11.3 Å². The summed E-state index contributed by atoms with van der Waals surface area (Å²) in [5.41, 5.74) is 2.68. The minimum absolute atomic E-state index is 0. The van der Waals surface area contributed by atoms with E-state index in [-0.39, 0.29) is 36.4 Å². The number of hydrogen-bond acceptors (Lipinski definition) is 5. The molecular formula is C15H17Cl2N5OS. The molecule has 3 aromatic rings. The highest BCUT2D eigenvalue weighted by molar-refractivity contribution is 7.22. The number of halogens is 2. The number of rotatable bonds is 2. The summed E-state index contributed by atoms with van der Waals surface area (Å²) in [5, 5.41) is 10.3. The van der Waals surface area contributed by atoms with E-state index < -0.39 is 0 Å². The molecule has 1 aliphatic heterocycles. The number of aromatic amines is 2.